The highest BCUT2D eigenvalue weighted by Crippen LogP contribution is 2.33. The predicted molar refractivity (Wildman–Crippen MR) is 87.5 cm³/mol. The van der Waals surface area contributed by atoms with E-state index >= 15 is 0 Å². The second kappa shape index (κ2) is 7.71. The Balaban J connectivity index is 1.88. The van der Waals surface area contributed by atoms with Crippen LogP contribution in [0.1, 0.15) is 5.56 Å². The third kappa shape index (κ3) is 4.77. The summed E-state index contributed by atoms with van der Waals surface area (Å²) < 4.78 is 5.24. The highest BCUT2D eigenvalue weighted by atomic mass is 35.5. The number of carbonyl (C=O) groups is 1. The minimum Gasteiger partial charge on any atom is -0.504 e. The van der Waals surface area contributed by atoms with Crippen LogP contribution in [0.4, 0.5) is 0 Å². The van der Waals surface area contributed by atoms with Gasteiger partial charge in [-0.1, -0.05) is 35.3 Å². The topological polar surface area (TPSA) is 91.2 Å². The van der Waals surface area contributed by atoms with Crippen LogP contribution in [0.2, 0.25) is 10.0 Å². The Morgan fingerprint density at radius 2 is 1.96 bits per heavy atom. The first kappa shape index (κ1) is 16.9. The van der Waals surface area contributed by atoms with Gasteiger partial charge in [0, 0.05) is 0 Å². The number of rotatable bonds is 5. The monoisotopic (exact) mass is 354 g/mol. The summed E-state index contributed by atoms with van der Waals surface area (Å²) >= 11 is 11.6. The van der Waals surface area contributed by atoms with Crippen LogP contribution in [0.15, 0.2) is 41.5 Å². The van der Waals surface area contributed by atoms with Crippen molar-refractivity contribution in [3.8, 4) is 17.2 Å². The van der Waals surface area contributed by atoms with Gasteiger partial charge in [-0.05, 0) is 29.8 Å². The normalized spacial score (nSPS) is 10.7. The second-order valence-electron chi connectivity index (χ2n) is 4.38. The van der Waals surface area contributed by atoms with Gasteiger partial charge in [0.25, 0.3) is 5.91 Å². The number of hydrazone groups is 1. The molecule has 0 aliphatic rings. The lowest BCUT2D eigenvalue weighted by molar-refractivity contribution is -0.123. The summed E-state index contributed by atoms with van der Waals surface area (Å²) in [6.45, 7) is -0.261. The quantitative estimate of drug-likeness (QED) is 0.437. The molecule has 120 valence electrons. The van der Waals surface area contributed by atoms with Gasteiger partial charge in [0.15, 0.2) is 18.1 Å². The summed E-state index contributed by atoms with van der Waals surface area (Å²) in [5.74, 6) is -0.896. The summed E-state index contributed by atoms with van der Waals surface area (Å²) in [5, 5.41) is 22.8. The number of para-hydroxylation sites is 1. The number of nitrogens with zero attached hydrogens (tertiary/aromatic N) is 1. The van der Waals surface area contributed by atoms with Gasteiger partial charge in [-0.3, -0.25) is 4.79 Å². The van der Waals surface area contributed by atoms with Crippen molar-refractivity contribution in [2.75, 3.05) is 6.61 Å². The second-order valence-corrected chi connectivity index (χ2v) is 5.20. The molecule has 0 atom stereocenters. The van der Waals surface area contributed by atoms with E-state index in [0.29, 0.717) is 16.3 Å². The molecule has 0 heterocycles. The van der Waals surface area contributed by atoms with Gasteiger partial charge in [-0.15, -0.1) is 0 Å². The fourth-order valence-corrected chi connectivity index (χ4v) is 2.01. The maximum Gasteiger partial charge on any atom is 0.277 e. The zero-order valence-electron chi connectivity index (χ0n) is 11.7. The van der Waals surface area contributed by atoms with Gasteiger partial charge in [0.1, 0.15) is 5.75 Å². The van der Waals surface area contributed by atoms with Gasteiger partial charge >= 0.3 is 0 Å². The Bertz CT molecular complexity index is 727. The fourth-order valence-electron chi connectivity index (χ4n) is 1.60. The van der Waals surface area contributed by atoms with Crippen LogP contribution in [0, 0.1) is 0 Å². The van der Waals surface area contributed by atoms with E-state index in [4.69, 9.17) is 27.9 Å². The Morgan fingerprint density at radius 1 is 1.22 bits per heavy atom. The summed E-state index contributed by atoms with van der Waals surface area (Å²) in [7, 11) is 0. The van der Waals surface area contributed by atoms with Crippen LogP contribution < -0.4 is 10.2 Å². The van der Waals surface area contributed by atoms with Crippen molar-refractivity contribution in [3.05, 3.63) is 52.0 Å². The van der Waals surface area contributed by atoms with Crippen LogP contribution in [0.25, 0.3) is 0 Å². The molecule has 2 aromatic rings. The molecule has 3 N–H and O–H groups in total. The summed E-state index contributed by atoms with van der Waals surface area (Å²) in [6.07, 6.45) is 1.26. The number of nitrogens with one attached hydrogen (secondary N) is 1. The molecule has 0 aromatic heterocycles. The Morgan fingerprint density at radius 3 is 2.65 bits per heavy atom. The molecule has 23 heavy (non-hydrogen) atoms. The number of phenolic OH excluding ortho intramolecular Hbond substituents is 2. The van der Waals surface area contributed by atoms with Crippen LogP contribution in [-0.4, -0.2) is 28.9 Å². The van der Waals surface area contributed by atoms with Crippen LogP contribution in [-0.2, 0) is 4.79 Å². The van der Waals surface area contributed by atoms with E-state index in [0.717, 1.165) is 0 Å². The highest BCUT2D eigenvalue weighted by molar-refractivity contribution is 6.32. The highest BCUT2D eigenvalue weighted by Gasteiger charge is 2.07. The van der Waals surface area contributed by atoms with Crippen molar-refractivity contribution in [3.63, 3.8) is 0 Å². The third-order valence-electron chi connectivity index (χ3n) is 2.66. The van der Waals surface area contributed by atoms with Gasteiger partial charge in [0.05, 0.1) is 16.3 Å². The molecule has 0 radical (unpaired) electrons. The third-order valence-corrected chi connectivity index (χ3v) is 3.26. The molecule has 0 saturated heterocycles. The lowest BCUT2D eigenvalue weighted by Crippen LogP contribution is -2.24. The van der Waals surface area contributed by atoms with Gasteiger partial charge in [-0.25, -0.2) is 5.43 Å². The number of halogens is 2. The first-order valence-corrected chi connectivity index (χ1v) is 7.13. The zero-order chi connectivity index (χ0) is 16.8. The van der Waals surface area contributed by atoms with Crippen LogP contribution >= 0.6 is 23.2 Å². The SMILES string of the molecule is O=C(COc1ccccc1Cl)N/N=C/c1cc(O)c(O)c(Cl)c1. The van der Waals surface area contributed by atoms with E-state index in [1.807, 2.05) is 0 Å². The van der Waals surface area contributed by atoms with Crippen molar-refractivity contribution in [1.82, 2.24) is 5.43 Å². The molecule has 8 heteroatoms. The molecule has 2 rings (SSSR count). The van der Waals surface area contributed by atoms with Crippen molar-refractivity contribution in [2.24, 2.45) is 5.10 Å². The smallest absolute Gasteiger partial charge is 0.277 e. The molecule has 0 aliphatic carbocycles. The molecular formula is C15H12Cl2N2O4. The number of carbonyl (C=O) groups excluding carboxylic acids is 1. The minimum absolute atomic E-state index is 0.0279. The Hall–Kier alpha value is -2.44. The summed E-state index contributed by atoms with van der Waals surface area (Å²) in [6, 6.07) is 9.40. The first-order chi connectivity index (χ1) is 11.0. The maximum absolute atomic E-state index is 11.6. The fraction of sp³-hybridized carbons (Fsp3) is 0.0667. The Labute approximate surface area is 141 Å². The Kier molecular flexibility index (Phi) is 5.67. The number of ether oxygens (including phenoxy) is 1. The standard InChI is InChI=1S/C15H12Cl2N2O4/c16-10-3-1-2-4-13(10)23-8-14(21)19-18-7-9-5-11(17)15(22)12(20)6-9/h1-7,20,22H,8H2,(H,19,21)/b18-7+. The number of hydrogen-bond acceptors (Lipinski definition) is 5. The van der Waals surface area contributed by atoms with Crippen molar-refractivity contribution in [1.29, 1.82) is 0 Å². The number of hydrogen-bond donors (Lipinski definition) is 3. The van der Waals surface area contributed by atoms with Gasteiger partial charge in [-0.2, -0.15) is 5.10 Å². The molecule has 0 fully saturated rings. The molecule has 0 unspecified atom stereocenters. The maximum atomic E-state index is 11.6. The van der Waals surface area contributed by atoms with Crippen molar-refractivity contribution >= 4 is 35.3 Å². The van der Waals surface area contributed by atoms with Crippen LogP contribution in [0.5, 0.6) is 17.2 Å². The zero-order valence-corrected chi connectivity index (χ0v) is 13.2. The largest absolute Gasteiger partial charge is 0.504 e. The molecule has 2 aromatic carbocycles. The van der Waals surface area contributed by atoms with Crippen molar-refractivity contribution < 1.29 is 19.7 Å². The van der Waals surface area contributed by atoms with E-state index in [-0.39, 0.29) is 17.4 Å². The summed E-state index contributed by atoms with van der Waals surface area (Å²) in [5.41, 5.74) is 2.65. The minimum atomic E-state index is -0.490. The number of aromatic hydroxyl groups is 2. The summed E-state index contributed by atoms with van der Waals surface area (Å²) in [4.78, 5) is 11.6. The van der Waals surface area contributed by atoms with E-state index < -0.39 is 11.7 Å². The number of phenols is 2. The average Bonchev–Trinajstić information content (AvgIpc) is 2.52. The molecule has 0 saturated carbocycles. The van der Waals surface area contributed by atoms with E-state index in [9.17, 15) is 15.0 Å². The molecule has 0 spiro atoms. The lowest BCUT2D eigenvalue weighted by Gasteiger charge is -2.06. The molecule has 1 amide bonds. The molecule has 6 nitrogen and oxygen atoms in total. The molecule has 0 bridgehead atoms. The molecule has 0 aliphatic heterocycles. The first-order valence-electron chi connectivity index (χ1n) is 6.38. The van der Waals surface area contributed by atoms with Gasteiger partial charge in [0.2, 0.25) is 0 Å². The van der Waals surface area contributed by atoms with Crippen molar-refractivity contribution in [2.45, 2.75) is 0 Å². The number of benzene rings is 2. The van der Waals surface area contributed by atoms with E-state index in [1.54, 1.807) is 24.3 Å². The molecular weight excluding hydrogens is 343 g/mol. The van der Waals surface area contributed by atoms with Gasteiger partial charge < -0.3 is 14.9 Å². The van der Waals surface area contributed by atoms with Crippen LogP contribution in [0.3, 0.4) is 0 Å². The lowest BCUT2D eigenvalue weighted by atomic mass is 10.2. The van der Waals surface area contributed by atoms with E-state index in [1.165, 1.54) is 18.3 Å². The van der Waals surface area contributed by atoms with E-state index in [2.05, 4.69) is 10.5 Å². The number of amides is 1. The average molecular weight is 355 g/mol. The predicted octanol–water partition coefficient (Wildman–Crippen LogP) is 2.93.